The molecule has 1 unspecified atom stereocenters. The number of nitrogens with zero attached hydrogens (tertiary/aromatic N) is 1. The molecule has 4 rings (SSSR count). The van der Waals surface area contributed by atoms with Gasteiger partial charge in [-0.25, -0.2) is 0 Å². The average molecular weight is 352 g/mol. The predicted octanol–water partition coefficient (Wildman–Crippen LogP) is 3.29. The molecule has 26 heavy (non-hydrogen) atoms. The van der Waals surface area contributed by atoms with Crippen molar-refractivity contribution < 1.29 is 14.3 Å². The van der Waals surface area contributed by atoms with Gasteiger partial charge < -0.3 is 14.8 Å². The molecule has 2 aromatic carbocycles. The highest BCUT2D eigenvalue weighted by molar-refractivity contribution is 5.98. The molecule has 1 saturated heterocycles. The van der Waals surface area contributed by atoms with E-state index < -0.39 is 0 Å². The van der Waals surface area contributed by atoms with Gasteiger partial charge in [-0.15, -0.1) is 0 Å². The fourth-order valence-electron chi connectivity index (χ4n) is 3.69. The number of amides is 1. The highest BCUT2D eigenvalue weighted by Crippen LogP contribution is 2.35. The summed E-state index contributed by atoms with van der Waals surface area (Å²) >= 11 is 0. The fourth-order valence-corrected chi connectivity index (χ4v) is 3.69. The number of rotatable bonds is 5. The summed E-state index contributed by atoms with van der Waals surface area (Å²) in [5, 5.41) is 3.10. The van der Waals surface area contributed by atoms with E-state index in [1.54, 1.807) is 6.07 Å². The Morgan fingerprint density at radius 1 is 1.12 bits per heavy atom. The lowest BCUT2D eigenvalue weighted by molar-refractivity contribution is 0.0933. The number of ether oxygens (including phenoxy) is 2. The SMILES string of the molecule is Cc1ccc(C(CNC(=O)c2cccc3c2OCO3)N2CCCC2)cc1. The minimum absolute atomic E-state index is 0.122. The number of benzene rings is 2. The quantitative estimate of drug-likeness (QED) is 0.897. The Balaban J connectivity index is 1.50. The second kappa shape index (κ2) is 7.38. The van der Waals surface area contributed by atoms with Crippen LogP contribution in [0.4, 0.5) is 0 Å². The van der Waals surface area contributed by atoms with Gasteiger partial charge in [0, 0.05) is 6.54 Å². The lowest BCUT2D eigenvalue weighted by Crippen LogP contribution is -2.36. The van der Waals surface area contributed by atoms with Crippen molar-refractivity contribution in [1.82, 2.24) is 10.2 Å². The van der Waals surface area contributed by atoms with Gasteiger partial charge in [0.25, 0.3) is 5.91 Å². The molecule has 0 bridgehead atoms. The van der Waals surface area contributed by atoms with Gasteiger partial charge in [-0.1, -0.05) is 35.9 Å². The van der Waals surface area contributed by atoms with Crippen LogP contribution in [0.15, 0.2) is 42.5 Å². The third kappa shape index (κ3) is 3.40. The Hall–Kier alpha value is -2.53. The van der Waals surface area contributed by atoms with E-state index in [0.29, 0.717) is 23.6 Å². The lowest BCUT2D eigenvalue weighted by atomic mass is 10.0. The average Bonchev–Trinajstić information content (AvgIpc) is 3.34. The first-order chi connectivity index (χ1) is 12.7. The Kier molecular flexibility index (Phi) is 4.80. The van der Waals surface area contributed by atoms with Gasteiger partial charge in [-0.2, -0.15) is 0 Å². The second-order valence-corrected chi connectivity index (χ2v) is 6.92. The molecule has 1 amide bonds. The van der Waals surface area contributed by atoms with Crippen LogP contribution in [0.1, 0.15) is 40.4 Å². The largest absolute Gasteiger partial charge is 0.454 e. The molecule has 0 aliphatic carbocycles. The van der Waals surface area contributed by atoms with Crippen LogP contribution in [0.3, 0.4) is 0 Å². The first kappa shape index (κ1) is 16.9. The maximum Gasteiger partial charge on any atom is 0.255 e. The maximum absolute atomic E-state index is 12.7. The number of likely N-dealkylation sites (tertiary alicyclic amines) is 1. The Morgan fingerprint density at radius 2 is 1.88 bits per heavy atom. The van der Waals surface area contributed by atoms with Crippen molar-refractivity contribution in [2.24, 2.45) is 0 Å². The van der Waals surface area contributed by atoms with Gasteiger partial charge >= 0.3 is 0 Å². The van der Waals surface area contributed by atoms with E-state index in [1.165, 1.54) is 24.0 Å². The molecule has 1 N–H and O–H groups in total. The highest BCUT2D eigenvalue weighted by atomic mass is 16.7. The van der Waals surface area contributed by atoms with Gasteiger partial charge in [-0.3, -0.25) is 9.69 Å². The van der Waals surface area contributed by atoms with Gasteiger partial charge in [-0.05, 0) is 50.6 Å². The molecular formula is C21H24N2O3. The normalized spacial score (nSPS) is 17.3. The molecule has 2 aliphatic heterocycles. The zero-order chi connectivity index (χ0) is 17.9. The van der Waals surface area contributed by atoms with E-state index in [2.05, 4.69) is 41.4 Å². The number of carbonyl (C=O) groups is 1. The van der Waals surface area contributed by atoms with Crippen LogP contribution in [0, 0.1) is 6.92 Å². The van der Waals surface area contributed by atoms with Crippen molar-refractivity contribution in [2.75, 3.05) is 26.4 Å². The minimum atomic E-state index is -0.122. The smallest absolute Gasteiger partial charge is 0.255 e. The summed E-state index contributed by atoms with van der Waals surface area (Å²) in [4.78, 5) is 15.2. The maximum atomic E-state index is 12.7. The van der Waals surface area contributed by atoms with Crippen molar-refractivity contribution >= 4 is 5.91 Å². The number of aryl methyl sites for hydroxylation is 1. The van der Waals surface area contributed by atoms with E-state index in [0.717, 1.165) is 13.1 Å². The van der Waals surface area contributed by atoms with Crippen LogP contribution < -0.4 is 14.8 Å². The fraction of sp³-hybridized carbons (Fsp3) is 0.381. The van der Waals surface area contributed by atoms with Crippen LogP contribution in [0.2, 0.25) is 0 Å². The summed E-state index contributed by atoms with van der Waals surface area (Å²) in [6.07, 6.45) is 2.43. The number of nitrogens with one attached hydrogen (secondary N) is 1. The third-order valence-corrected chi connectivity index (χ3v) is 5.14. The molecule has 1 fully saturated rings. The van der Waals surface area contributed by atoms with Crippen molar-refractivity contribution in [3.63, 3.8) is 0 Å². The first-order valence-corrected chi connectivity index (χ1v) is 9.20. The minimum Gasteiger partial charge on any atom is -0.454 e. The monoisotopic (exact) mass is 352 g/mol. The molecule has 0 saturated carbocycles. The van der Waals surface area contributed by atoms with E-state index in [4.69, 9.17) is 9.47 Å². The molecule has 5 nitrogen and oxygen atoms in total. The standard InChI is InChI=1S/C21H24N2O3/c1-15-7-9-16(10-8-15)18(23-11-2-3-12-23)13-22-21(24)17-5-4-6-19-20(17)26-14-25-19/h4-10,18H,2-3,11-14H2,1H3,(H,22,24). The Bertz CT molecular complexity index is 782. The summed E-state index contributed by atoms with van der Waals surface area (Å²) < 4.78 is 10.8. The van der Waals surface area contributed by atoms with Gasteiger partial charge in [0.1, 0.15) is 0 Å². The van der Waals surface area contributed by atoms with Crippen LogP contribution >= 0.6 is 0 Å². The predicted molar refractivity (Wildman–Crippen MR) is 99.6 cm³/mol. The second-order valence-electron chi connectivity index (χ2n) is 6.92. The topological polar surface area (TPSA) is 50.8 Å². The number of carbonyl (C=O) groups excluding carboxylic acids is 1. The van der Waals surface area contributed by atoms with E-state index in [1.807, 2.05) is 12.1 Å². The molecule has 2 aliphatic rings. The Morgan fingerprint density at radius 3 is 2.65 bits per heavy atom. The van der Waals surface area contributed by atoms with Crippen molar-refractivity contribution in [2.45, 2.75) is 25.8 Å². The Labute approximate surface area is 153 Å². The van der Waals surface area contributed by atoms with Crippen LogP contribution in [0.5, 0.6) is 11.5 Å². The van der Waals surface area contributed by atoms with Crippen molar-refractivity contribution in [3.8, 4) is 11.5 Å². The van der Waals surface area contributed by atoms with Crippen LogP contribution in [-0.2, 0) is 0 Å². The molecule has 0 aromatic heterocycles. The van der Waals surface area contributed by atoms with Crippen LogP contribution in [0.25, 0.3) is 0 Å². The molecule has 0 radical (unpaired) electrons. The summed E-state index contributed by atoms with van der Waals surface area (Å²) in [7, 11) is 0. The zero-order valence-electron chi connectivity index (χ0n) is 15.0. The number of para-hydroxylation sites is 1. The van der Waals surface area contributed by atoms with Gasteiger partial charge in [0.05, 0.1) is 11.6 Å². The lowest BCUT2D eigenvalue weighted by Gasteiger charge is -2.28. The number of fused-ring (bicyclic) bond motifs is 1. The molecule has 1 atom stereocenters. The summed E-state index contributed by atoms with van der Waals surface area (Å²) in [6, 6.07) is 14.2. The van der Waals surface area contributed by atoms with E-state index >= 15 is 0 Å². The summed E-state index contributed by atoms with van der Waals surface area (Å²) in [6.45, 7) is 4.98. The molecule has 5 heteroatoms. The van der Waals surface area contributed by atoms with Crippen molar-refractivity contribution in [3.05, 3.63) is 59.2 Å². The first-order valence-electron chi connectivity index (χ1n) is 9.20. The molecule has 136 valence electrons. The van der Waals surface area contributed by atoms with E-state index in [9.17, 15) is 4.79 Å². The summed E-state index contributed by atoms with van der Waals surface area (Å²) in [5.74, 6) is 1.05. The zero-order valence-corrected chi connectivity index (χ0v) is 15.0. The van der Waals surface area contributed by atoms with E-state index in [-0.39, 0.29) is 18.7 Å². The molecular weight excluding hydrogens is 328 g/mol. The van der Waals surface area contributed by atoms with Crippen molar-refractivity contribution in [1.29, 1.82) is 0 Å². The number of hydrogen-bond acceptors (Lipinski definition) is 4. The third-order valence-electron chi connectivity index (χ3n) is 5.14. The number of hydrogen-bond donors (Lipinski definition) is 1. The van der Waals surface area contributed by atoms with Gasteiger partial charge in [0.2, 0.25) is 6.79 Å². The molecule has 2 aromatic rings. The highest BCUT2D eigenvalue weighted by Gasteiger charge is 2.26. The molecule has 0 spiro atoms. The van der Waals surface area contributed by atoms with Crippen LogP contribution in [-0.4, -0.2) is 37.2 Å². The molecule has 2 heterocycles. The van der Waals surface area contributed by atoms with Gasteiger partial charge in [0.15, 0.2) is 11.5 Å². The summed E-state index contributed by atoms with van der Waals surface area (Å²) in [5.41, 5.74) is 3.02.